The molecular formula is C14H26IN5. The van der Waals surface area contributed by atoms with Crippen molar-refractivity contribution in [3.63, 3.8) is 0 Å². The van der Waals surface area contributed by atoms with E-state index in [1.165, 1.54) is 12.8 Å². The van der Waals surface area contributed by atoms with Crippen LogP contribution < -0.4 is 10.6 Å². The third kappa shape index (κ3) is 6.11. The van der Waals surface area contributed by atoms with Gasteiger partial charge in [0.15, 0.2) is 5.96 Å². The lowest BCUT2D eigenvalue weighted by Gasteiger charge is -2.10. The van der Waals surface area contributed by atoms with Crippen LogP contribution in [0.15, 0.2) is 17.4 Å². The molecule has 1 aromatic rings. The third-order valence-electron chi connectivity index (χ3n) is 3.26. The summed E-state index contributed by atoms with van der Waals surface area (Å²) in [6.45, 7) is 6.99. The lowest BCUT2D eigenvalue weighted by atomic mass is 10.3. The quantitative estimate of drug-likeness (QED) is 0.325. The Balaban J connectivity index is 0.00000200. The number of halogens is 1. The van der Waals surface area contributed by atoms with Gasteiger partial charge in [-0.3, -0.25) is 4.99 Å². The maximum absolute atomic E-state index is 4.60. The highest BCUT2D eigenvalue weighted by molar-refractivity contribution is 14.0. The molecule has 1 aliphatic carbocycles. The van der Waals surface area contributed by atoms with Crippen LogP contribution in [0.5, 0.6) is 0 Å². The first-order valence-corrected chi connectivity index (χ1v) is 7.32. The fourth-order valence-electron chi connectivity index (χ4n) is 1.97. The fourth-order valence-corrected chi connectivity index (χ4v) is 1.97. The molecule has 1 saturated carbocycles. The molecule has 1 aliphatic rings. The Hall–Kier alpha value is -0.790. The first-order valence-electron chi connectivity index (χ1n) is 7.32. The van der Waals surface area contributed by atoms with E-state index in [0.29, 0.717) is 6.04 Å². The molecule has 2 rings (SSSR count). The molecule has 0 atom stereocenters. The molecule has 114 valence electrons. The minimum absolute atomic E-state index is 0. The highest BCUT2D eigenvalue weighted by atomic mass is 127. The summed E-state index contributed by atoms with van der Waals surface area (Å²) >= 11 is 0. The van der Waals surface area contributed by atoms with Gasteiger partial charge < -0.3 is 15.2 Å². The molecule has 0 amide bonds. The van der Waals surface area contributed by atoms with Crippen LogP contribution in [0.25, 0.3) is 0 Å². The molecule has 5 nitrogen and oxygen atoms in total. The van der Waals surface area contributed by atoms with E-state index in [2.05, 4.69) is 32.1 Å². The highest BCUT2D eigenvalue weighted by Crippen LogP contribution is 2.18. The summed E-state index contributed by atoms with van der Waals surface area (Å²) in [7, 11) is 0. The van der Waals surface area contributed by atoms with Crippen LogP contribution in [0, 0.1) is 6.92 Å². The highest BCUT2D eigenvalue weighted by Gasteiger charge is 2.21. The number of unbranched alkanes of at least 4 members (excludes halogenated alkanes) is 1. The average molecular weight is 391 g/mol. The second-order valence-corrected chi connectivity index (χ2v) is 5.05. The molecule has 0 aliphatic heterocycles. The van der Waals surface area contributed by atoms with Crippen molar-refractivity contribution in [1.82, 2.24) is 20.2 Å². The van der Waals surface area contributed by atoms with Crippen molar-refractivity contribution >= 4 is 29.9 Å². The number of aromatic nitrogens is 2. The molecule has 1 fully saturated rings. The van der Waals surface area contributed by atoms with Gasteiger partial charge in [0.05, 0.1) is 0 Å². The summed E-state index contributed by atoms with van der Waals surface area (Å²) in [4.78, 5) is 8.83. The summed E-state index contributed by atoms with van der Waals surface area (Å²) in [5.74, 6) is 2.07. The monoisotopic (exact) mass is 391 g/mol. The first-order chi connectivity index (χ1) is 9.29. The summed E-state index contributed by atoms with van der Waals surface area (Å²) < 4.78 is 2.19. The SMILES string of the molecule is CCNC(=NCCCCn1ccnc1C)NC1CC1.I. The number of aliphatic imine (C=N–C) groups is 1. The number of hydrogen-bond acceptors (Lipinski definition) is 2. The van der Waals surface area contributed by atoms with Gasteiger partial charge >= 0.3 is 0 Å². The second-order valence-electron chi connectivity index (χ2n) is 5.05. The van der Waals surface area contributed by atoms with Crippen molar-refractivity contribution in [2.24, 2.45) is 4.99 Å². The van der Waals surface area contributed by atoms with Gasteiger partial charge in [-0.1, -0.05) is 0 Å². The van der Waals surface area contributed by atoms with Crippen LogP contribution in [0.2, 0.25) is 0 Å². The summed E-state index contributed by atoms with van der Waals surface area (Å²) in [6, 6.07) is 0.659. The van der Waals surface area contributed by atoms with Gasteiger partial charge in [0.1, 0.15) is 5.82 Å². The van der Waals surface area contributed by atoms with Gasteiger partial charge in [-0.15, -0.1) is 24.0 Å². The maximum Gasteiger partial charge on any atom is 0.191 e. The number of nitrogens with zero attached hydrogens (tertiary/aromatic N) is 3. The molecule has 0 unspecified atom stereocenters. The molecule has 1 aromatic heterocycles. The van der Waals surface area contributed by atoms with Crippen molar-refractivity contribution in [3.05, 3.63) is 18.2 Å². The molecule has 0 radical (unpaired) electrons. The van der Waals surface area contributed by atoms with E-state index in [0.717, 1.165) is 44.3 Å². The zero-order valence-electron chi connectivity index (χ0n) is 12.4. The molecule has 20 heavy (non-hydrogen) atoms. The number of hydrogen-bond donors (Lipinski definition) is 2. The van der Waals surface area contributed by atoms with E-state index in [4.69, 9.17) is 0 Å². The van der Waals surface area contributed by atoms with Gasteiger partial charge in [-0.2, -0.15) is 0 Å². The van der Waals surface area contributed by atoms with E-state index in [1.807, 2.05) is 19.3 Å². The number of imidazole rings is 1. The molecule has 1 heterocycles. The van der Waals surface area contributed by atoms with Gasteiger partial charge in [-0.25, -0.2) is 4.98 Å². The smallest absolute Gasteiger partial charge is 0.191 e. The van der Waals surface area contributed by atoms with Crippen molar-refractivity contribution < 1.29 is 0 Å². The maximum atomic E-state index is 4.60. The van der Waals surface area contributed by atoms with Crippen molar-refractivity contribution in [2.75, 3.05) is 13.1 Å². The fraction of sp³-hybridized carbons (Fsp3) is 0.714. The number of guanidine groups is 1. The van der Waals surface area contributed by atoms with E-state index in [1.54, 1.807) is 0 Å². The van der Waals surface area contributed by atoms with Gasteiger partial charge in [-0.05, 0) is 39.5 Å². The van der Waals surface area contributed by atoms with Gasteiger partial charge in [0.2, 0.25) is 0 Å². The van der Waals surface area contributed by atoms with Crippen LogP contribution in [0.4, 0.5) is 0 Å². The van der Waals surface area contributed by atoms with Gasteiger partial charge in [0, 0.05) is 38.1 Å². The second kappa shape index (κ2) is 9.20. The normalized spacial score (nSPS) is 14.8. The third-order valence-corrected chi connectivity index (χ3v) is 3.26. The molecular weight excluding hydrogens is 365 g/mol. The minimum Gasteiger partial charge on any atom is -0.357 e. The van der Waals surface area contributed by atoms with E-state index >= 15 is 0 Å². The number of rotatable bonds is 7. The topological polar surface area (TPSA) is 54.2 Å². The molecule has 0 saturated heterocycles. The van der Waals surface area contributed by atoms with Crippen LogP contribution in [0.1, 0.15) is 38.4 Å². The van der Waals surface area contributed by atoms with Crippen molar-refractivity contribution in [2.45, 2.75) is 52.1 Å². The molecule has 0 bridgehead atoms. The lowest BCUT2D eigenvalue weighted by Crippen LogP contribution is -2.38. The largest absolute Gasteiger partial charge is 0.357 e. The predicted octanol–water partition coefficient (Wildman–Crippen LogP) is 2.31. The Morgan fingerprint density at radius 1 is 1.45 bits per heavy atom. The Kier molecular flexibility index (Phi) is 7.94. The summed E-state index contributed by atoms with van der Waals surface area (Å²) in [6.07, 6.45) is 8.71. The summed E-state index contributed by atoms with van der Waals surface area (Å²) in [5.41, 5.74) is 0. The Labute approximate surface area is 138 Å². The Morgan fingerprint density at radius 2 is 2.25 bits per heavy atom. The van der Waals surface area contributed by atoms with Crippen LogP contribution in [0.3, 0.4) is 0 Å². The number of nitrogens with one attached hydrogen (secondary N) is 2. The Morgan fingerprint density at radius 3 is 2.85 bits per heavy atom. The molecule has 6 heteroatoms. The molecule has 0 spiro atoms. The van der Waals surface area contributed by atoms with E-state index in [-0.39, 0.29) is 24.0 Å². The van der Waals surface area contributed by atoms with Crippen LogP contribution >= 0.6 is 24.0 Å². The zero-order chi connectivity index (χ0) is 13.5. The Bertz CT molecular complexity index is 411. The number of aryl methyl sites for hydroxylation is 2. The minimum atomic E-state index is 0. The standard InChI is InChI=1S/C14H25N5.HI/c1-3-15-14(18-13-6-7-13)17-8-4-5-10-19-11-9-16-12(19)2;/h9,11,13H,3-8,10H2,1-2H3,(H2,15,17,18);1H. The molecule has 0 aromatic carbocycles. The average Bonchev–Trinajstić information content (AvgIpc) is 3.11. The van der Waals surface area contributed by atoms with Crippen molar-refractivity contribution in [3.8, 4) is 0 Å². The lowest BCUT2D eigenvalue weighted by molar-refractivity contribution is 0.600. The van der Waals surface area contributed by atoms with Gasteiger partial charge in [0.25, 0.3) is 0 Å². The predicted molar refractivity (Wildman–Crippen MR) is 93.7 cm³/mol. The molecule has 2 N–H and O–H groups in total. The van der Waals surface area contributed by atoms with E-state index < -0.39 is 0 Å². The first kappa shape index (κ1) is 17.3. The summed E-state index contributed by atoms with van der Waals surface area (Å²) in [5, 5.41) is 6.72. The van der Waals surface area contributed by atoms with Crippen LogP contribution in [-0.2, 0) is 6.54 Å². The van der Waals surface area contributed by atoms with Crippen molar-refractivity contribution in [1.29, 1.82) is 0 Å². The van der Waals surface area contributed by atoms with Crippen LogP contribution in [-0.4, -0.2) is 34.6 Å². The van der Waals surface area contributed by atoms with E-state index in [9.17, 15) is 0 Å². The zero-order valence-corrected chi connectivity index (χ0v) is 14.8.